The maximum atomic E-state index is 12.6. The Kier molecular flexibility index (Phi) is 6.24. The molecule has 5 nitrogen and oxygen atoms in total. The number of likely N-dealkylation sites (tertiary alicyclic amines) is 1. The first-order valence-corrected chi connectivity index (χ1v) is 9.55. The van der Waals surface area contributed by atoms with Crippen LogP contribution < -0.4 is 10.6 Å². The minimum Gasteiger partial charge on any atom is -0.352 e. The van der Waals surface area contributed by atoms with Crippen molar-refractivity contribution < 1.29 is 9.59 Å². The SMILES string of the molecule is CCNC(=O)c1cccc(NC(=O)CN2CCCC2c2cccc(C)c2)c1. The smallest absolute Gasteiger partial charge is 0.251 e. The summed E-state index contributed by atoms with van der Waals surface area (Å²) in [6.07, 6.45) is 2.17. The molecule has 1 saturated heterocycles. The number of carbonyl (C=O) groups excluding carboxylic acids is 2. The monoisotopic (exact) mass is 365 g/mol. The molecule has 2 aromatic rings. The molecule has 0 bridgehead atoms. The number of rotatable bonds is 6. The van der Waals surface area contributed by atoms with Gasteiger partial charge in [0.1, 0.15) is 0 Å². The molecular formula is C22H27N3O2. The van der Waals surface area contributed by atoms with Gasteiger partial charge in [0.05, 0.1) is 6.54 Å². The van der Waals surface area contributed by atoms with Crippen LogP contribution in [0.2, 0.25) is 0 Å². The van der Waals surface area contributed by atoms with E-state index in [4.69, 9.17) is 0 Å². The largest absolute Gasteiger partial charge is 0.352 e. The van der Waals surface area contributed by atoms with Crippen LogP contribution >= 0.6 is 0 Å². The van der Waals surface area contributed by atoms with E-state index in [1.54, 1.807) is 18.2 Å². The Bertz CT molecular complexity index is 819. The van der Waals surface area contributed by atoms with Crippen molar-refractivity contribution in [1.29, 1.82) is 0 Å². The van der Waals surface area contributed by atoms with Crippen molar-refractivity contribution in [2.75, 3.05) is 25.0 Å². The van der Waals surface area contributed by atoms with Crippen LogP contribution in [0.5, 0.6) is 0 Å². The van der Waals surface area contributed by atoms with Crippen molar-refractivity contribution in [3.8, 4) is 0 Å². The first kappa shape index (κ1) is 19.1. The van der Waals surface area contributed by atoms with E-state index in [0.29, 0.717) is 24.3 Å². The third kappa shape index (κ3) is 4.95. The fourth-order valence-electron chi connectivity index (χ4n) is 3.66. The van der Waals surface area contributed by atoms with Gasteiger partial charge in [0.25, 0.3) is 5.91 Å². The minimum absolute atomic E-state index is 0.0531. The summed E-state index contributed by atoms with van der Waals surface area (Å²) in [6, 6.07) is 15.9. The fourth-order valence-corrected chi connectivity index (χ4v) is 3.66. The summed E-state index contributed by atoms with van der Waals surface area (Å²) < 4.78 is 0. The maximum Gasteiger partial charge on any atom is 0.251 e. The summed E-state index contributed by atoms with van der Waals surface area (Å²) >= 11 is 0. The minimum atomic E-state index is -0.132. The molecule has 1 fully saturated rings. The van der Waals surface area contributed by atoms with Gasteiger partial charge in [-0.2, -0.15) is 0 Å². The number of benzene rings is 2. The molecule has 0 saturated carbocycles. The molecule has 3 rings (SSSR count). The van der Waals surface area contributed by atoms with Crippen LogP contribution in [0.1, 0.15) is 47.3 Å². The molecule has 5 heteroatoms. The number of aryl methyl sites for hydroxylation is 1. The maximum absolute atomic E-state index is 12.6. The Morgan fingerprint density at radius 3 is 2.74 bits per heavy atom. The third-order valence-corrected chi connectivity index (χ3v) is 4.88. The first-order chi connectivity index (χ1) is 13.1. The van der Waals surface area contributed by atoms with Gasteiger partial charge in [-0.15, -0.1) is 0 Å². The van der Waals surface area contributed by atoms with Gasteiger partial charge in [-0.25, -0.2) is 0 Å². The highest BCUT2D eigenvalue weighted by atomic mass is 16.2. The molecule has 0 aromatic heterocycles. The van der Waals surface area contributed by atoms with E-state index in [2.05, 4.69) is 46.7 Å². The van der Waals surface area contributed by atoms with E-state index in [1.165, 1.54) is 11.1 Å². The Morgan fingerprint density at radius 2 is 1.96 bits per heavy atom. The molecule has 1 heterocycles. The molecule has 0 spiro atoms. The predicted molar refractivity (Wildman–Crippen MR) is 108 cm³/mol. The summed E-state index contributed by atoms with van der Waals surface area (Å²) in [4.78, 5) is 26.8. The Morgan fingerprint density at radius 1 is 1.15 bits per heavy atom. The second-order valence-electron chi connectivity index (χ2n) is 7.03. The number of nitrogens with one attached hydrogen (secondary N) is 2. The second kappa shape index (κ2) is 8.82. The van der Waals surface area contributed by atoms with Gasteiger partial charge < -0.3 is 10.6 Å². The summed E-state index contributed by atoms with van der Waals surface area (Å²) in [7, 11) is 0. The average molecular weight is 365 g/mol. The molecule has 1 aliphatic heterocycles. The molecule has 2 N–H and O–H groups in total. The van der Waals surface area contributed by atoms with Gasteiger partial charge in [-0.05, 0) is 57.0 Å². The van der Waals surface area contributed by atoms with Crippen molar-refractivity contribution in [3.63, 3.8) is 0 Å². The highest BCUT2D eigenvalue weighted by molar-refractivity contribution is 5.97. The summed E-state index contributed by atoms with van der Waals surface area (Å²) in [5, 5.41) is 5.70. The lowest BCUT2D eigenvalue weighted by Gasteiger charge is -2.24. The normalized spacial score (nSPS) is 16.9. The van der Waals surface area contributed by atoms with Crippen molar-refractivity contribution >= 4 is 17.5 Å². The van der Waals surface area contributed by atoms with Crippen LogP contribution in [0.3, 0.4) is 0 Å². The lowest BCUT2D eigenvalue weighted by Crippen LogP contribution is -2.33. The van der Waals surface area contributed by atoms with Crippen LogP contribution in [0, 0.1) is 6.92 Å². The summed E-state index contributed by atoms with van der Waals surface area (Å²) in [6.45, 7) is 5.82. The van der Waals surface area contributed by atoms with E-state index in [-0.39, 0.29) is 17.9 Å². The van der Waals surface area contributed by atoms with Crippen molar-refractivity contribution in [1.82, 2.24) is 10.2 Å². The Hall–Kier alpha value is -2.66. The van der Waals surface area contributed by atoms with Crippen molar-refractivity contribution in [2.24, 2.45) is 0 Å². The zero-order valence-electron chi connectivity index (χ0n) is 16.0. The molecule has 1 unspecified atom stereocenters. The highest BCUT2D eigenvalue weighted by Gasteiger charge is 2.27. The molecule has 1 atom stereocenters. The predicted octanol–water partition coefficient (Wildman–Crippen LogP) is 3.52. The number of carbonyl (C=O) groups is 2. The fraction of sp³-hybridized carbons (Fsp3) is 0.364. The molecule has 142 valence electrons. The zero-order chi connectivity index (χ0) is 19.2. The van der Waals surface area contributed by atoms with Crippen LogP contribution in [-0.2, 0) is 4.79 Å². The van der Waals surface area contributed by atoms with Crippen LogP contribution in [0.4, 0.5) is 5.69 Å². The molecule has 0 aliphatic carbocycles. The van der Waals surface area contributed by atoms with Gasteiger partial charge in [-0.1, -0.05) is 35.9 Å². The van der Waals surface area contributed by atoms with Gasteiger partial charge in [-0.3, -0.25) is 14.5 Å². The Balaban J connectivity index is 1.63. The topological polar surface area (TPSA) is 61.4 Å². The highest BCUT2D eigenvalue weighted by Crippen LogP contribution is 2.31. The van der Waals surface area contributed by atoms with Crippen molar-refractivity contribution in [3.05, 3.63) is 65.2 Å². The molecule has 0 radical (unpaired) electrons. The lowest BCUT2D eigenvalue weighted by atomic mass is 10.0. The average Bonchev–Trinajstić information content (AvgIpc) is 3.10. The first-order valence-electron chi connectivity index (χ1n) is 9.55. The lowest BCUT2D eigenvalue weighted by molar-refractivity contribution is -0.117. The van der Waals surface area contributed by atoms with Crippen LogP contribution in [0.25, 0.3) is 0 Å². The zero-order valence-corrected chi connectivity index (χ0v) is 16.0. The van der Waals surface area contributed by atoms with E-state index >= 15 is 0 Å². The van der Waals surface area contributed by atoms with E-state index in [9.17, 15) is 9.59 Å². The van der Waals surface area contributed by atoms with Gasteiger partial charge in [0, 0.05) is 23.8 Å². The molecule has 2 amide bonds. The third-order valence-electron chi connectivity index (χ3n) is 4.88. The molecular weight excluding hydrogens is 338 g/mol. The summed E-state index contributed by atoms with van der Waals surface area (Å²) in [5.74, 6) is -0.185. The number of anilines is 1. The van der Waals surface area contributed by atoms with E-state index in [1.807, 2.05) is 13.0 Å². The summed E-state index contributed by atoms with van der Waals surface area (Å²) in [5.41, 5.74) is 3.72. The standard InChI is InChI=1S/C22H27N3O2/c1-3-23-22(27)18-9-5-10-19(14-18)24-21(26)15-25-12-6-11-20(25)17-8-4-7-16(2)13-17/h4-5,7-10,13-14,20H,3,6,11-12,15H2,1-2H3,(H,23,27)(H,24,26). The van der Waals surface area contributed by atoms with Gasteiger partial charge in [0.2, 0.25) is 5.91 Å². The van der Waals surface area contributed by atoms with Crippen molar-refractivity contribution in [2.45, 2.75) is 32.7 Å². The molecule has 2 aromatic carbocycles. The number of hydrogen-bond donors (Lipinski definition) is 2. The number of hydrogen-bond acceptors (Lipinski definition) is 3. The van der Waals surface area contributed by atoms with E-state index < -0.39 is 0 Å². The van der Waals surface area contributed by atoms with Crippen LogP contribution in [0.15, 0.2) is 48.5 Å². The molecule has 27 heavy (non-hydrogen) atoms. The van der Waals surface area contributed by atoms with Gasteiger partial charge >= 0.3 is 0 Å². The number of nitrogens with zero attached hydrogens (tertiary/aromatic N) is 1. The Labute approximate surface area is 160 Å². The second-order valence-corrected chi connectivity index (χ2v) is 7.03. The van der Waals surface area contributed by atoms with E-state index in [0.717, 1.165) is 19.4 Å². The van der Waals surface area contributed by atoms with Crippen LogP contribution in [-0.4, -0.2) is 36.3 Å². The van der Waals surface area contributed by atoms with Gasteiger partial charge in [0.15, 0.2) is 0 Å². The quantitative estimate of drug-likeness (QED) is 0.823. The number of amides is 2. The molecule has 1 aliphatic rings.